The molecule has 1 aliphatic rings. The maximum atomic E-state index is 12.7. The van der Waals surface area contributed by atoms with Crippen LogP contribution in [0.2, 0.25) is 5.02 Å². The molecule has 26 heavy (non-hydrogen) atoms. The van der Waals surface area contributed by atoms with E-state index in [0.717, 1.165) is 18.4 Å². The largest absolute Gasteiger partial charge is 0.331 e. The maximum Gasteiger partial charge on any atom is 0.258 e. The van der Waals surface area contributed by atoms with E-state index in [1.807, 2.05) is 36.4 Å². The number of para-hydroxylation sites is 1. The highest BCUT2D eigenvalue weighted by Gasteiger charge is 2.33. The first-order chi connectivity index (χ1) is 12.6. The Bertz CT molecular complexity index is 1010. The van der Waals surface area contributed by atoms with Gasteiger partial charge in [0.15, 0.2) is 0 Å². The normalized spacial score (nSPS) is 13.7. The fourth-order valence-corrected chi connectivity index (χ4v) is 3.13. The molecule has 0 bridgehead atoms. The topological polar surface area (TPSA) is 66.1 Å². The van der Waals surface area contributed by atoms with E-state index in [0.29, 0.717) is 28.3 Å². The van der Waals surface area contributed by atoms with Gasteiger partial charge in [-0.3, -0.25) is 9.59 Å². The van der Waals surface area contributed by atoms with Crippen LogP contribution < -0.4 is 5.56 Å². The number of nitrogens with one attached hydrogen (secondary N) is 1. The van der Waals surface area contributed by atoms with Gasteiger partial charge in [0, 0.05) is 17.5 Å². The summed E-state index contributed by atoms with van der Waals surface area (Å²) < 4.78 is 0. The molecule has 132 valence electrons. The molecule has 0 radical (unpaired) electrons. The van der Waals surface area contributed by atoms with E-state index in [-0.39, 0.29) is 23.9 Å². The van der Waals surface area contributed by atoms with Crippen molar-refractivity contribution in [2.24, 2.45) is 5.92 Å². The van der Waals surface area contributed by atoms with Gasteiger partial charge in [-0.25, -0.2) is 4.98 Å². The van der Waals surface area contributed by atoms with Crippen molar-refractivity contribution in [1.29, 1.82) is 0 Å². The second-order valence-electron chi connectivity index (χ2n) is 6.62. The lowest BCUT2D eigenvalue weighted by Crippen LogP contribution is -2.32. The van der Waals surface area contributed by atoms with Gasteiger partial charge in [0.05, 0.1) is 17.4 Å². The summed E-state index contributed by atoms with van der Waals surface area (Å²) in [5.41, 5.74) is 1.44. The monoisotopic (exact) mass is 367 g/mol. The number of fused-ring (bicyclic) bond motifs is 1. The van der Waals surface area contributed by atoms with Gasteiger partial charge in [0.25, 0.3) is 5.56 Å². The summed E-state index contributed by atoms with van der Waals surface area (Å²) in [6.07, 6.45) is 1.86. The Balaban J connectivity index is 1.63. The smallest absolute Gasteiger partial charge is 0.258 e. The summed E-state index contributed by atoms with van der Waals surface area (Å²) in [6, 6.07) is 14.6. The van der Waals surface area contributed by atoms with E-state index in [2.05, 4.69) is 9.97 Å². The number of amides is 1. The molecule has 0 aliphatic heterocycles. The highest BCUT2D eigenvalue weighted by molar-refractivity contribution is 6.30. The van der Waals surface area contributed by atoms with Crippen LogP contribution in [0.4, 0.5) is 0 Å². The van der Waals surface area contributed by atoms with Crippen molar-refractivity contribution in [1.82, 2.24) is 14.9 Å². The van der Waals surface area contributed by atoms with Crippen molar-refractivity contribution >= 4 is 28.4 Å². The van der Waals surface area contributed by atoms with E-state index >= 15 is 0 Å². The summed E-state index contributed by atoms with van der Waals surface area (Å²) in [5, 5.41) is 1.21. The molecule has 1 saturated carbocycles. The van der Waals surface area contributed by atoms with Crippen LogP contribution in [-0.2, 0) is 17.9 Å². The first kappa shape index (κ1) is 16.8. The molecule has 1 N–H and O–H groups in total. The van der Waals surface area contributed by atoms with Crippen molar-refractivity contribution in [3.63, 3.8) is 0 Å². The van der Waals surface area contributed by atoms with Gasteiger partial charge in [-0.05, 0) is 42.7 Å². The zero-order valence-electron chi connectivity index (χ0n) is 14.1. The van der Waals surface area contributed by atoms with Crippen molar-refractivity contribution in [2.75, 3.05) is 0 Å². The first-order valence-electron chi connectivity index (χ1n) is 8.61. The molecule has 3 aromatic rings. The van der Waals surface area contributed by atoms with E-state index in [9.17, 15) is 9.59 Å². The molecule has 0 saturated heterocycles. The zero-order valence-corrected chi connectivity index (χ0v) is 14.9. The number of hydrogen-bond donors (Lipinski definition) is 1. The van der Waals surface area contributed by atoms with Gasteiger partial charge >= 0.3 is 0 Å². The van der Waals surface area contributed by atoms with Crippen molar-refractivity contribution in [3.8, 4) is 0 Å². The third-order valence-electron chi connectivity index (χ3n) is 4.53. The molecule has 1 amide bonds. The number of rotatable bonds is 5. The van der Waals surface area contributed by atoms with Crippen LogP contribution >= 0.6 is 11.6 Å². The molecule has 1 heterocycles. The van der Waals surface area contributed by atoms with Crippen LogP contribution in [0.15, 0.2) is 53.3 Å². The van der Waals surface area contributed by atoms with E-state index in [4.69, 9.17) is 11.6 Å². The number of nitrogens with zero attached hydrogens (tertiary/aromatic N) is 2. The van der Waals surface area contributed by atoms with Crippen molar-refractivity contribution in [2.45, 2.75) is 25.9 Å². The van der Waals surface area contributed by atoms with Crippen LogP contribution in [0.1, 0.15) is 24.2 Å². The summed E-state index contributed by atoms with van der Waals surface area (Å²) in [4.78, 5) is 34.1. The minimum Gasteiger partial charge on any atom is -0.331 e. The molecular formula is C20H18ClN3O2. The van der Waals surface area contributed by atoms with Crippen LogP contribution in [0.5, 0.6) is 0 Å². The quantitative estimate of drug-likeness (QED) is 0.750. The summed E-state index contributed by atoms with van der Waals surface area (Å²) in [6.45, 7) is 0.737. The third kappa shape index (κ3) is 3.63. The molecule has 1 aromatic heterocycles. The van der Waals surface area contributed by atoms with Gasteiger partial charge in [0.1, 0.15) is 5.82 Å². The van der Waals surface area contributed by atoms with E-state index in [1.54, 1.807) is 17.0 Å². The van der Waals surface area contributed by atoms with E-state index in [1.165, 1.54) is 0 Å². The predicted molar refractivity (Wildman–Crippen MR) is 101 cm³/mol. The average Bonchev–Trinajstić information content (AvgIpc) is 3.48. The maximum absolute atomic E-state index is 12.7. The Morgan fingerprint density at radius 3 is 2.58 bits per heavy atom. The highest BCUT2D eigenvalue weighted by Crippen LogP contribution is 2.32. The first-order valence-corrected chi connectivity index (χ1v) is 8.99. The lowest BCUT2D eigenvalue weighted by Gasteiger charge is -2.22. The second-order valence-corrected chi connectivity index (χ2v) is 7.06. The highest BCUT2D eigenvalue weighted by atomic mass is 35.5. The number of H-pyrrole nitrogens is 1. The SMILES string of the molecule is O=C(C1CC1)N(Cc1ccc(Cl)cc1)Cc1nc2ccccc2c(=O)[nH]1. The fraction of sp³-hybridized carbons (Fsp3) is 0.250. The Morgan fingerprint density at radius 1 is 1.12 bits per heavy atom. The Labute approximate surface area is 155 Å². The summed E-state index contributed by atoms with van der Waals surface area (Å²) in [7, 11) is 0. The van der Waals surface area contributed by atoms with Gasteiger partial charge in [-0.1, -0.05) is 35.9 Å². The zero-order chi connectivity index (χ0) is 18.1. The number of aromatic amines is 1. The van der Waals surface area contributed by atoms with Gasteiger partial charge < -0.3 is 9.88 Å². The molecule has 6 heteroatoms. The second kappa shape index (κ2) is 6.92. The summed E-state index contributed by atoms with van der Waals surface area (Å²) in [5.74, 6) is 0.696. The number of carbonyl (C=O) groups is 1. The van der Waals surface area contributed by atoms with Crippen LogP contribution in [0.3, 0.4) is 0 Å². The lowest BCUT2D eigenvalue weighted by atomic mass is 10.2. The van der Waals surface area contributed by atoms with E-state index < -0.39 is 0 Å². The van der Waals surface area contributed by atoms with Crippen LogP contribution in [0, 0.1) is 5.92 Å². The van der Waals surface area contributed by atoms with Gasteiger partial charge in [-0.15, -0.1) is 0 Å². The number of hydrogen-bond acceptors (Lipinski definition) is 3. The minimum absolute atomic E-state index is 0.0921. The average molecular weight is 368 g/mol. The molecular weight excluding hydrogens is 350 g/mol. The molecule has 0 atom stereocenters. The number of benzene rings is 2. The predicted octanol–water partition coefficient (Wildman–Crippen LogP) is 3.52. The molecule has 2 aromatic carbocycles. The molecule has 1 fully saturated rings. The molecule has 0 spiro atoms. The third-order valence-corrected chi connectivity index (χ3v) is 4.78. The standard InChI is InChI=1S/C20H18ClN3O2/c21-15-9-5-13(6-10-15)11-24(20(26)14-7-8-14)12-18-22-17-4-2-1-3-16(17)19(25)23-18/h1-6,9-10,14H,7-8,11-12H2,(H,22,23,25). The Hall–Kier alpha value is -2.66. The molecule has 4 rings (SSSR count). The van der Waals surface area contributed by atoms with Crippen molar-refractivity contribution in [3.05, 3.63) is 75.3 Å². The Kier molecular flexibility index (Phi) is 4.47. The molecule has 1 aliphatic carbocycles. The minimum atomic E-state index is -0.184. The van der Waals surface area contributed by atoms with Crippen LogP contribution in [0.25, 0.3) is 10.9 Å². The number of halogens is 1. The van der Waals surface area contributed by atoms with Crippen molar-refractivity contribution < 1.29 is 4.79 Å². The number of carbonyl (C=O) groups excluding carboxylic acids is 1. The van der Waals surface area contributed by atoms with Gasteiger partial charge in [-0.2, -0.15) is 0 Å². The summed E-state index contributed by atoms with van der Waals surface area (Å²) >= 11 is 5.94. The Morgan fingerprint density at radius 2 is 1.85 bits per heavy atom. The molecule has 0 unspecified atom stereocenters. The fourth-order valence-electron chi connectivity index (χ4n) is 3.00. The molecule has 5 nitrogen and oxygen atoms in total. The van der Waals surface area contributed by atoms with Gasteiger partial charge in [0.2, 0.25) is 5.91 Å². The number of aromatic nitrogens is 2. The van der Waals surface area contributed by atoms with Crippen LogP contribution in [-0.4, -0.2) is 20.8 Å². The lowest BCUT2D eigenvalue weighted by molar-refractivity contribution is -0.133.